The summed E-state index contributed by atoms with van der Waals surface area (Å²) in [5, 5.41) is 13.9. The van der Waals surface area contributed by atoms with E-state index >= 15 is 0 Å². The summed E-state index contributed by atoms with van der Waals surface area (Å²) in [7, 11) is 1.52. The van der Waals surface area contributed by atoms with Gasteiger partial charge in [0.15, 0.2) is 11.5 Å². The molecule has 1 heterocycles. The molecule has 2 aromatic carbocycles. The standard InChI is InChI=1S/C16H13ClN2O5/c1-22-13-4-9(5-14-15(13)24-8-23-14)7-18-19-16(21)11-6-10(17)2-3-12(11)20/h2-7,20H,8H2,1H3,(H,19,21)/b18-7-. The summed E-state index contributed by atoms with van der Waals surface area (Å²) in [6.07, 6.45) is 1.42. The number of nitrogens with one attached hydrogen (secondary N) is 1. The molecular formula is C16H13ClN2O5. The Kier molecular flexibility index (Phi) is 4.43. The fourth-order valence-corrected chi connectivity index (χ4v) is 2.31. The minimum absolute atomic E-state index is 0.0305. The Bertz CT molecular complexity index is 822. The van der Waals surface area contributed by atoms with E-state index in [0.29, 0.717) is 27.8 Å². The van der Waals surface area contributed by atoms with Crippen LogP contribution in [-0.4, -0.2) is 31.1 Å². The highest BCUT2D eigenvalue weighted by molar-refractivity contribution is 6.31. The van der Waals surface area contributed by atoms with E-state index in [9.17, 15) is 9.90 Å². The Balaban J connectivity index is 1.75. The molecule has 0 radical (unpaired) electrons. The zero-order valence-electron chi connectivity index (χ0n) is 12.6. The number of carbonyl (C=O) groups is 1. The van der Waals surface area contributed by atoms with Crippen LogP contribution >= 0.6 is 11.6 Å². The van der Waals surface area contributed by atoms with Gasteiger partial charge in [0.2, 0.25) is 12.5 Å². The molecule has 124 valence electrons. The second-order valence-electron chi connectivity index (χ2n) is 4.82. The molecule has 0 saturated carbocycles. The number of hydrogen-bond acceptors (Lipinski definition) is 6. The first kappa shape index (κ1) is 15.9. The molecule has 0 bridgehead atoms. The lowest BCUT2D eigenvalue weighted by atomic mass is 10.2. The molecule has 2 N–H and O–H groups in total. The highest BCUT2D eigenvalue weighted by Crippen LogP contribution is 2.41. The molecule has 2 aromatic rings. The van der Waals surface area contributed by atoms with Crippen molar-refractivity contribution in [2.75, 3.05) is 13.9 Å². The van der Waals surface area contributed by atoms with E-state index in [1.165, 1.54) is 31.5 Å². The molecule has 24 heavy (non-hydrogen) atoms. The summed E-state index contributed by atoms with van der Waals surface area (Å²) < 4.78 is 15.8. The van der Waals surface area contributed by atoms with Crippen molar-refractivity contribution in [2.45, 2.75) is 0 Å². The quantitative estimate of drug-likeness (QED) is 0.654. The SMILES string of the molecule is COc1cc(/C=N\NC(=O)c2cc(Cl)ccc2O)cc2c1OCO2. The number of nitrogens with zero attached hydrogens (tertiary/aromatic N) is 1. The molecule has 0 aromatic heterocycles. The molecule has 8 heteroatoms. The molecular weight excluding hydrogens is 336 g/mol. The van der Waals surface area contributed by atoms with E-state index in [2.05, 4.69) is 10.5 Å². The molecule has 0 aliphatic carbocycles. The van der Waals surface area contributed by atoms with E-state index in [1.807, 2.05) is 0 Å². The van der Waals surface area contributed by atoms with Crippen molar-refractivity contribution in [1.29, 1.82) is 0 Å². The summed E-state index contributed by atoms with van der Waals surface area (Å²) in [6, 6.07) is 7.57. The van der Waals surface area contributed by atoms with Crippen molar-refractivity contribution in [2.24, 2.45) is 5.10 Å². The Morgan fingerprint density at radius 2 is 2.21 bits per heavy atom. The second kappa shape index (κ2) is 6.67. The van der Waals surface area contributed by atoms with Gasteiger partial charge in [0.25, 0.3) is 5.91 Å². The maximum absolute atomic E-state index is 12.0. The van der Waals surface area contributed by atoms with Gasteiger partial charge in [0, 0.05) is 10.6 Å². The summed E-state index contributed by atoms with van der Waals surface area (Å²) in [6.45, 7) is 0.122. The zero-order chi connectivity index (χ0) is 17.1. The number of phenolic OH excluding ortho intramolecular Hbond substituents is 1. The number of hydrazone groups is 1. The number of methoxy groups -OCH3 is 1. The first-order valence-electron chi connectivity index (χ1n) is 6.88. The lowest BCUT2D eigenvalue weighted by molar-refractivity contribution is 0.0952. The minimum Gasteiger partial charge on any atom is -0.507 e. The molecule has 7 nitrogen and oxygen atoms in total. The predicted molar refractivity (Wildman–Crippen MR) is 87.3 cm³/mol. The van der Waals surface area contributed by atoms with Crippen LogP contribution in [0, 0.1) is 0 Å². The highest BCUT2D eigenvalue weighted by Gasteiger charge is 2.19. The van der Waals surface area contributed by atoms with Crippen LogP contribution in [0.25, 0.3) is 0 Å². The van der Waals surface area contributed by atoms with Crippen LogP contribution < -0.4 is 19.6 Å². The van der Waals surface area contributed by atoms with E-state index in [1.54, 1.807) is 12.1 Å². The van der Waals surface area contributed by atoms with E-state index < -0.39 is 5.91 Å². The Hall–Kier alpha value is -2.93. The third-order valence-corrected chi connectivity index (χ3v) is 3.50. The van der Waals surface area contributed by atoms with Gasteiger partial charge in [-0.15, -0.1) is 0 Å². The monoisotopic (exact) mass is 348 g/mol. The number of amides is 1. The topological polar surface area (TPSA) is 89.4 Å². The fraction of sp³-hybridized carbons (Fsp3) is 0.125. The van der Waals surface area contributed by atoms with Crippen LogP contribution in [-0.2, 0) is 0 Å². The van der Waals surface area contributed by atoms with Crippen LogP contribution in [0.2, 0.25) is 5.02 Å². The van der Waals surface area contributed by atoms with Gasteiger partial charge in [-0.25, -0.2) is 5.43 Å². The van der Waals surface area contributed by atoms with Crippen LogP contribution in [0.5, 0.6) is 23.0 Å². The number of benzene rings is 2. The summed E-state index contributed by atoms with van der Waals surface area (Å²) in [4.78, 5) is 12.0. The van der Waals surface area contributed by atoms with Crippen molar-refractivity contribution in [3.05, 3.63) is 46.5 Å². The van der Waals surface area contributed by atoms with Crippen molar-refractivity contribution in [3.8, 4) is 23.0 Å². The van der Waals surface area contributed by atoms with E-state index in [0.717, 1.165) is 0 Å². The third kappa shape index (κ3) is 3.21. The molecule has 0 fully saturated rings. The average molecular weight is 349 g/mol. The van der Waals surface area contributed by atoms with Gasteiger partial charge >= 0.3 is 0 Å². The van der Waals surface area contributed by atoms with Crippen LogP contribution in [0.15, 0.2) is 35.4 Å². The molecule has 1 aliphatic rings. The highest BCUT2D eigenvalue weighted by atomic mass is 35.5. The van der Waals surface area contributed by atoms with E-state index in [-0.39, 0.29) is 18.1 Å². The second-order valence-corrected chi connectivity index (χ2v) is 5.25. The normalized spacial score (nSPS) is 12.4. The summed E-state index contributed by atoms with van der Waals surface area (Å²) in [5.74, 6) is 0.804. The number of aromatic hydroxyl groups is 1. The van der Waals surface area contributed by atoms with Crippen LogP contribution in [0.1, 0.15) is 15.9 Å². The average Bonchev–Trinajstić information content (AvgIpc) is 3.04. The predicted octanol–water partition coefficient (Wildman–Crippen LogP) is 2.55. The molecule has 0 spiro atoms. The molecule has 0 unspecified atom stereocenters. The van der Waals surface area contributed by atoms with Gasteiger partial charge in [-0.3, -0.25) is 4.79 Å². The number of fused-ring (bicyclic) bond motifs is 1. The largest absolute Gasteiger partial charge is 0.507 e. The van der Waals surface area contributed by atoms with Crippen LogP contribution in [0.3, 0.4) is 0 Å². The van der Waals surface area contributed by atoms with Crippen molar-refractivity contribution in [1.82, 2.24) is 5.43 Å². The smallest absolute Gasteiger partial charge is 0.275 e. The number of carbonyl (C=O) groups excluding carboxylic acids is 1. The number of hydrogen-bond donors (Lipinski definition) is 2. The first-order chi connectivity index (χ1) is 11.6. The number of rotatable bonds is 4. The number of phenols is 1. The maximum Gasteiger partial charge on any atom is 0.275 e. The van der Waals surface area contributed by atoms with Gasteiger partial charge in [-0.1, -0.05) is 11.6 Å². The molecule has 1 aliphatic heterocycles. The Morgan fingerprint density at radius 3 is 3.00 bits per heavy atom. The minimum atomic E-state index is -0.584. The van der Waals surface area contributed by atoms with Gasteiger partial charge in [0.05, 0.1) is 18.9 Å². The van der Waals surface area contributed by atoms with Crippen molar-refractivity contribution >= 4 is 23.7 Å². The number of ether oxygens (including phenoxy) is 3. The zero-order valence-corrected chi connectivity index (χ0v) is 13.3. The van der Waals surface area contributed by atoms with Crippen molar-refractivity contribution in [3.63, 3.8) is 0 Å². The molecule has 0 atom stereocenters. The number of halogens is 1. The first-order valence-corrected chi connectivity index (χ1v) is 7.26. The van der Waals surface area contributed by atoms with Gasteiger partial charge in [-0.05, 0) is 30.3 Å². The maximum atomic E-state index is 12.0. The van der Waals surface area contributed by atoms with E-state index in [4.69, 9.17) is 25.8 Å². The van der Waals surface area contributed by atoms with Crippen LogP contribution in [0.4, 0.5) is 0 Å². The molecule has 1 amide bonds. The lowest BCUT2D eigenvalue weighted by Crippen LogP contribution is -2.17. The lowest BCUT2D eigenvalue weighted by Gasteiger charge is -2.06. The fourth-order valence-electron chi connectivity index (χ4n) is 2.14. The van der Waals surface area contributed by atoms with Gasteiger partial charge in [-0.2, -0.15) is 5.10 Å². The van der Waals surface area contributed by atoms with Gasteiger partial charge < -0.3 is 19.3 Å². The Labute approximate surface area is 142 Å². The molecule has 3 rings (SSSR count). The molecule has 0 saturated heterocycles. The Morgan fingerprint density at radius 1 is 1.38 bits per heavy atom. The summed E-state index contributed by atoms with van der Waals surface area (Å²) >= 11 is 5.81. The van der Waals surface area contributed by atoms with Gasteiger partial charge in [0.1, 0.15) is 5.75 Å². The van der Waals surface area contributed by atoms with Crippen molar-refractivity contribution < 1.29 is 24.1 Å². The third-order valence-electron chi connectivity index (χ3n) is 3.26. The summed E-state index contributed by atoms with van der Waals surface area (Å²) in [5.41, 5.74) is 3.00.